The van der Waals surface area contributed by atoms with E-state index in [1.165, 1.54) is 0 Å². The number of rotatable bonds is 3. The number of hydrogen-bond donors (Lipinski definition) is 2. The number of aromatic nitrogens is 2. The van der Waals surface area contributed by atoms with Crippen LogP contribution in [0.3, 0.4) is 0 Å². The minimum Gasteiger partial charge on any atom is -0.491 e. The molecule has 3 N–H and O–H groups in total. The molecule has 0 atom stereocenters. The van der Waals surface area contributed by atoms with Gasteiger partial charge in [0.15, 0.2) is 0 Å². The summed E-state index contributed by atoms with van der Waals surface area (Å²) < 4.78 is 5.59. The minimum absolute atomic E-state index is 0.186. The molecule has 17 heavy (non-hydrogen) atoms. The molecule has 0 amide bonds. The van der Waals surface area contributed by atoms with Gasteiger partial charge in [-0.05, 0) is 45.0 Å². The lowest BCUT2D eigenvalue weighted by atomic mass is 10.1. The van der Waals surface area contributed by atoms with Gasteiger partial charge in [-0.2, -0.15) is 5.10 Å². The lowest BCUT2D eigenvalue weighted by Gasteiger charge is -2.09. The Balaban J connectivity index is 2.26. The van der Waals surface area contributed by atoms with Crippen molar-refractivity contribution in [3.8, 4) is 17.0 Å². The molecule has 0 unspecified atom stereocenters. The van der Waals surface area contributed by atoms with Crippen molar-refractivity contribution in [2.45, 2.75) is 26.9 Å². The topological polar surface area (TPSA) is 63.9 Å². The van der Waals surface area contributed by atoms with Crippen molar-refractivity contribution in [2.24, 2.45) is 0 Å². The van der Waals surface area contributed by atoms with Gasteiger partial charge in [0.25, 0.3) is 0 Å². The summed E-state index contributed by atoms with van der Waals surface area (Å²) in [5, 5.41) is 6.92. The number of nitrogens with one attached hydrogen (secondary N) is 1. The number of aromatic amines is 1. The molecule has 0 bridgehead atoms. The summed E-state index contributed by atoms with van der Waals surface area (Å²) in [7, 11) is 0. The summed E-state index contributed by atoms with van der Waals surface area (Å²) in [6.45, 7) is 5.97. The van der Waals surface area contributed by atoms with Gasteiger partial charge in [0.2, 0.25) is 0 Å². The van der Waals surface area contributed by atoms with Gasteiger partial charge in [0.1, 0.15) is 11.6 Å². The van der Waals surface area contributed by atoms with E-state index in [1.54, 1.807) is 0 Å². The average molecular weight is 231 g/mol. The Morgan fingerprint density at radius 3 is 2.35 bits per heavy atom. The van der Waals surface area contributed by atoms with Gasteiger partial charge >= 0.3 is 0 Å². The van der Waals surface area contributed by atoms with Crippen molar-refractivity contribution < 1.29 is 4.74 Å². The third-order valence-electron chi connectivity index (χ3n) is 2.56. The number of ether oxygens (including phenoxy) is 1. The maximum atomic E-state index is 5.71. The van der Waals surface area contributed by atoms with Crippen molar-refractivity contribution in [2.75, 3.05) is 5.73 Å². The smallest absolute Gasteiger partial charge is 0.148 e. The van der Waals surface area contributed by atoms with Crippen LogP contribution in [0, 0.1) is 6.92 Å². The van der Waals surface area contributed by atoms with E-state index in [-0.39, 0.29) is 6.10 Å². The van der Waals surface area contributed by atoms with Crippen LogP contribution in [0.4, 0.5) is 5.82 Å². The Kier molecular flexibility index (Phi) is 3.04. The Hall–Kier alpha value is -1.97. The molecule has 1 heterocycles. The molecule has 4 heteroatoms. The van der Waals surface area contributed by atoms with E-state index in [0.29, 0.717) is 5.82 Å². The molecule has 0 fully saturated rings. The van der Waals surface area contributed by atoms with Crippen LogP contribution in [-0.2, 0) is 0 Å². The first-order chi connectivity index (χ1) is 8.08. The fraction of sp³-hybridized carbons (Fsp3) is 0.308. The van der Waals surface area contributed by atoms with Crippen molar-refractivity contribution in [1.29, 1.82) is 0 Å². The first-order valence-corrected chi connectivity index (χ1v) is 5.65. The molecule has 0 radical (unpaired) electrons. The molecular weight excluding hydrogens is 214 g/mol. The molecule has 90 valence electrons. The standard InChI is InChI=1S/C13H17N3O/c1-8(2)17-11-6-4-10(5-7-11)12-9(3)13(14)16-15-12/h4-8H,1-3H3,(H3,14,15,16). The third-order valence-corrected chi connectivity index (χ3v) is 2.56. The first-order valence-electron chi connectivity index (χ1n) is 5.65. The number of nitrogen functional groups attached to an aromatic ring is 1. The molecule has 2 rings (SSSR count). The van der Waals surface area contributed by atoms with Crippen LogP contribution in [0.25, 0.3) is 11.3 Å². The molecule has 0 aliphatic rings. The molecule has 1 aromatic carbocycles. The van der Waals surface area contributed by atoms with Crippen LogP contribution < -0.4 is 10.5 Å². The van der Waals surface area contributed by atoms with E-state index < -0.39 is 0 Å². The monoisotopic (exact) mass is 231 g/mol. The van der Waals surface area contributed by atoms with E-state index in [1.807, 2.05) is 45.0 Å². The van der Waals surface area contributed by atoms with Crippen LogP contribution in [0.15, 0.2) is 24.3 Å². The summed E-state index contributed by atoms with van der Waals surface area (Å²) in [6.07, 6.45) is 0.186. The van der Waals surface area contributed by atoms with Gasteiger partial charge in [-0.15, -0.1) is 0 Å². The number of benzene rings is 1. The van der Waals surface area contributed by atoms with Gasteiger partial charge in [-0.25, -0.2) is 0 Å². The van der Waals surface area contributed by atoms with Crippen molar-refractivity contribution in [1.82, 2.24) is 10.2 Å². The highest BCUT2D eigenvalue weighted by atomic mass is 16.5. The van der Waals surface area contributed by atoms with Crippen molar-refractivity contribution >= 4 is 5.82 Å². The summed E-state index contributed by atoms with van der Waals surface area (Å²) in [4.78, 5) is 0. The normalized spacial score (nSPS) is 10.8. The summed E-state index contributed by atoms with van der Waals surface area (Å²) in [5.41, 5.74) is 8.70. The molecule has 0 aliphatic heterocycles. The zero-order valence-corrected chi connectivity index (χ0v) is 10.3. The fourth-order valence-corrected chi connectivity index (χ4v) is 1.67. The second-order valence-electron chi connectivity index (χ2n) is 4.30. The van der Waals surface area contributed by atoms with Gasteiger partial charge in [0, 0.05) is 11.1 Å². The second kappa shape index (κ2) is 4.49. The van der Waals surface area contributed by atoms with Crippen LogP contribution in [-0.4, -0.2) is 16.3 Å². The van der Waals surface area contributed by atoms with E-state index in [9.17, 15) is 0 Å². The zero-order chi connectivity index (χ0) is 12.4. The van der Waals surface area contributed by atoms with Crippen LogP contribution in [0.1, 0.15) is 19.4 Å². The number of nitrogens with two attached hydrogens (primary N) is 1. The van der Waals surface area contributed by atoms with E-state index in [0.717, 1.165) is 22.6 Å². The zero-order valence-electron chi connectivity index (χ0n) is 10.3. The van der Waals surface area contributed by atoms with Crippen molar-refractivity contribution in [3.63, 3.8) is 0 Å². The molecule has 0 saturated carbocycles. The van der Waals surface area contributed by atoms with Crippen LogP contribution in [0.5, 0.6) is 5.75 Å². The predicted octanol–water partition coefficient (Wildman–Crippen LogP) is 2.75. The number of hydrogen-bond acceptors (Lipinski definition) is 3. The lowest BCUT2D eigenvalue weighted by molar-refractivity contribution is 0.242. The van der Waals surface area contributed by atoms with E-state index in [4.69, 9.17) is 10.5 Å². The van der Waals surface area contributed by atoms with Gasteiger partial charge in [0.05, 0.1) is 11.8 Å². The van der Waals surface area contributed by atoms with E-state index in [2.05, 4.69) is 10.2 Å². The van der Waals surface area contributed by atoms with Gasteiger partial charge in [-0.3, -0.25) is 5.10 Å². The lowest BCUT2D eigenvalue weighted by Crippen LogP contribution is -2.05. The highest BCUT2D eigenvalue weighted by Crippen LogP contribution is 2.26. The van der Waals surface area contributed by atoms with E-state index >= 15 is 0 Å². The maximum Gasteiger partial charge on any atom is 0.148 e. The minimum atomic E-state index is 0.186. The molecule has 0 saturated heterocycles. The highest BCUT2D eigenvalue weighted by molar-refractivity contribution is 5.67. The van der Waals surface area contributed by atoms with Gasteiger partial charge < -0.3 is 10.5 Å². The second-order valence-corrected chi connectivity index (χ2v) is 4.30. The SMILES string of the molecule is Cc1c(N)n[nH]c1-c1ccc(OC(C)C)cc1. The summed E-state index contributed by atoms with van der Waals surface area (Å²) >= 11 is 0. The fourth-order valence-electron chi connectivity index (χ4n) is 1.67. The molecule has 0 aliphatic carbocycles. The summed E-state index contributed by atoms with van der Waals surface area (Å²) in [6, 6.07) is 7.90. The maximum absolute atomic E-state index is 5.71. The molecular formula is C13H17N3O. The predicted molar refractivity (Wildman–Crippen MR) is 68.9 cm³/mol. The van der Waals surface area contributed by atoms with Gasteiger partial charge in [-0.1, -0.05) is 0 Å². The average Bonchev–Trinajstić information content (AvgIpc) is 2.60. The highest BCUT2D eigenvalue weighted by Gasteiger charge is 2.08. The quantitative estimate of drug-likeness (QED) is 0.853. The number of anilines is 1. The third kappa shape index (κ3) is 2.41. The Morgan fingerprint density at radius 2 is 1.88 bits per heavy atom. The Labute approximate surface area is 101 Å². The first kappa shape index (κ1) is 11.5. The van der Waals surface area contributed by atoms with Crippen LogP contribution >= 0.6 is 0 Å². The Bertz CT molecular complexity index is 500. The summed E-state index contributed by atoms with van der Waals surface area (Å²) in [5.74, 6) is 1.41. The molecule has 2 aromatic rings. The number of H-pyrrole nitrogens is 1. The largest absolute Gasteiger partial charge is 0.491 e. The molecule has 4 nitrogen and oxygen atoms in total. The molecule has 0 spiro atoms. The van der Waals surface area contributed by atoms with Crippen molar-refractivity contribution in [3.05, 3.63) is 29.8 Å². The Morgan fingerprint density at radius 1 is 1.24 bits per heavy atom. The van der Waals surface area contributed by atoms with Crippen LogP contribution in [0.2, 0.25) is 0 Å². The molecule has 1 aromatic heterocycles. The number of nitrogens with zero attached hydrogens (tertiary/aromatic N) is 1.